The van der Waals surface area contributed by atoms with Gasteiger partial charge in [0, 0.05) is 22.7 Å². The molecule has 2 aliphatic rings. The van der Waals surface area contributed by atoms with E-state index in [4.69, 9.17) is 22.1 Å². The Morgan fingerprint density at radius 1 is 1.31 bits per heavy atom. The molecule has 0 radical (unpaired) electrons. The van der Waals surface area contributed by atoms with Gasteiger partial charge in [0.05, 0.1) is 18.1 Å². The molecule has 138 valence electrons. The lowest BCUT2D eigenvalue weighted by atomic mass is 9.69. The Hall–Kier alpha value is -2.27. The molecule has 1 aliphatic carbocycles. The molecule has 5 nitrogen and oxygen atoms in total. The van der Waals surface area contributed by atoms with Crippen LogP contribution in [0.3, 0.4) is 0 Å². The number of halogens is 1. The number of nitrogens with two attached hydrogens (primary N) is 1. The van der Waals surface area contributed by atoms with Gasteiger partial charge in [0.1, 0.15) is 5.82 Å². The highest BCUT2D eigenvalue weighted by atomic mass is 35.5. The molecule has 1 heterocycles. The number of ether oxygens (including phenoxy) is 1. The fourth-order valence-corrected chi connectivity index (χ4v) is 3.86. The van der Waals surface area contributed by atoms with Gasteiger partial charge in [-0.05, 0) is 36.5 Å². The maximum Gasteiger partial charge on any atom is 0.338 e. The van der Waals surface area contributed by atoms with Crippen LogP contribution in [-0.4, -0.2) is 18.4 Å². The van der Waals surface area contributed by atoms with E-state index in [2.05, 4.69) is 19.2 Å². The van der Waals surface area contributed by atoms with Crippen LogP contribution in [0.5, 0.6) is 0 Å². The van der Waals surface area contributed by atoms with Crippen LogP contribution in [0.4, 0.5) is 0 Å². The van der Waals surface area contributed by atoms with Gasteiger partial charge >= 0.3 is 5.97 Å². The first-order chi connectivity index (χ1) is 12.2. The van der Waals surface area contributed by atoms with Gasteiger partial charge in [-0.25, -0.2) is 4.79 Å². The van der Waals surface area contributed by atoms with Gasteiger partial charge in [-0.1, -0.05) is 37.6 Å². The maximum absolute atomic E-state index is 13.0. The van der Waals surface area contributed by atoms with Crippen LogP contribution in [0.2, 0.25) is 5.02 Å². The van der Waals surface area contributed by atoms with E-state index in [1.54, 1.807) is 19.1 Å². The van der Waals surface area contributed by atoms with Gasteiger partial charge in [-0.2, -0.15) is 0 Å². The van der Waals surface area contributed by atoms with Crippen LogP contribution < -0.4 is 11.1 Å². The largest absolute Gasteiger partial charge is 0.463 e. The van der Waals surface area contributed by atoms with Crippen molar-refractivity contribution in [2.24, 2.45) is 11.1 Å². The number of Topliss-reactive ketones (excluding diaryl/α,β-unsaturated/α-hetero) is 1. The van der Waals surface area contributed by atoms with Gasteiger partial charge < -0.3 is 15.8 Å². The summed E-state index contributed by atoms with van der Waals surface area (Å²) in [7, 11) is 0. The molecule has 0 bridgehead atoms. The topological polar surface area (TPSA) is 81.4 Å². The summed E-state index contributed by atoms with van der Waals surface area (Å²) in [6.45, 7) is 6.07. The van der Waals surface area contributed by atoms with Crippen molar-refractivity contribution in [3.05, 3.63) is 57.5 Å². The van der Waals surface area contributed by atoms with E-state index in [1.165, 1.54) is 0 Å². The molecular weight excluding hydrogens is 352 g/mol. The van der Waals surface area contributed by atoms with Gasteiger partial charge in [0.25, 0.3) is 0 Å². The van der Waals surface area contributed by atoms with E-state index in [1.807, 2.05) is 12.1 Å². The molecule has 1 aromatic rings. The Morgan fingerprint density at radius 3 is 2.58 bits per heavy atom. The molecule has 3 rings (SSSR count). The number of carbonyl (C=O) groups excluding carboxylic acids is 2. The summed E-state index contributed by atoms with van der Waals surface area (Å²) >= 11 is 6.01. The summed E-state index contributed by atoms with van der Waals surface area (Å²) < 4.78 is 5.21. The minimum atomic E-state index is -0.550. The zero-order chi connectivity index (χ0) is 19.1. The average Bonchev–Trinajstić information content (AvgIpc) is 2.53. The predicted octanol–water partition coefficient (Wildman–Crippen LogP) is 3.40. The number of benzene rings is 1. The van der Waals surface area contributed by atoms with Crippen LogP contribution in [-0.2, 0) is 14.3 Å². The van der Waals surface area contributed by atoms with Crippen molar-refractivity contribution in [1.82, 2.24) is 5.32 Å². The van der Waals surface area contributed by atoms with Gasteiger partial charge in [-0.3, -0.25) is 4.79 Å². The molecule has 0 spiro atoms. The van der Waals surface area contributed by atoms with Gasteiger partial charge in [0.2, 0.25) is 0 Å². The first-order valence-electron chi connectivity index (χ1n) is 8.69. The number of rotatable bonds is 3. The monoisotopic (exact) mass is 374 g/mol. The summed E-state index contributed by atoms with van der Waals surface area (Å²) in [5.41, 5.74) is 8.51. The second-order valence-corrected chi connectivity index (χ2v) is 7.93. The minimum absolute atomic E-state index is 0.0259. The van der Waals surface area contributed by atoms with E-state index < -0.39 is 11.9 Å². The SMILES string of the molecule is CCOC(=O)C1=C(N)NC2=C(C(=O)CC(C)(C)C2)C1c1ccc(Cl)cc1. The molecule has 0 saturated carbocycles. The Bertz CT molecular complexity index is 822. The zero-order valence-electron chi connectivity index (χ0n) is 15.2. The standard InChI is InChI=1S/C20H23ClN2O3/c1-4-26-19(25)17-15(11-5-7-12(21)8-6-11)16-13(23-18(17)22)9-20(2,3)10-14(16)24/h5-8,15,23H,4,9-10,22H2,1-3H3. The third kappa shape index (κ3) is 3.36. The summed E-state index contributed by atoms with van der Waals surface area (Å²) in [6, 6.07) is 7.13. The number of nitrogens with one attached hydrogen (secondary N) is 1. The Kier molecular flexibility index (Phi) is 4.84. The highest BCUT2D eigenvalue weighted by Gasteiger charge is 2.43. The normalized spacial score (nSPS) is 22.0. The number of allylic oxidation sites excluding steroid dienone is 2. The van der Waals surface area contributed by atoms with Crippen LogP contribution in [0.1, 0.15) is 45.1 Å². The van der Waals surface area contributed by atoms with E-state index in [0.717, 1.165) is 11.3 Å². The molecule has 1 aliphatic heterocycles. The first kappa shape index (κ1) is 18.5. The van der Waals surface area contributed by atoms with Crippen LogP contribution >= 0.6 is 11.6 Å². The van der Waals surface area contributed by atoms with Crippen LogP contribution in [0.15, 0.2) is 46.9 Å². The molecular formula is C20H23ClN2O3. The Balaban J connectivity index is 2.17. The third-order valence-electron chi connectivity index (χ3n) is 4.77. The van der Waals surface area contributed by atoms with Crippen molar-refractivity contribution in [1.29, 1.82) is 0 Å². The lowest BCUT2D eigenvalue weighted by Gasteiger charge is -2.39. The molecule has 6 heteroatoms. The van der Waals surface area contributed by atoms with Crippen molar-refractivity contribution in [3.8, 4) is 0 Å². The van der Waals surface area contributed by atoms with Crippen molar-refractivity contribution in [2.75, 3.05) is 6.61 Å². The number of dihydropyridines is 1. The first-order valence-corrected chi connectivity index (χ1v) is 9.07. The molecule has 0 amide bonds. The lowest BCUT2D eigenvalue weighted by molar-refractivity contribution is -0.138. The quantitative estimate of drug-likeness (QED) is 0.792. The van der Waals surface area contributed by atoms with Gasteiger partial charge in [0.15, 0.2) is 5.78 Å². The van der Waals surface area contributed by atoms with Gasteiger partial charge in [-0.15, -0.1) is 0 Å². The van der Waals surface area contributed by atoms with Crippen molar-refractivity contribution >= 4 is 23.4 Å². The summed E-state index contributed by atoms with van der Waals surface area (Å²) in [5, 5.41) is 3.68. The summed E-state index contributed by atoms with van der Waals surface area (Å²) in [5.74, 6) is -0.793. The molecule has 0 aromatic heterocycles. The maximum atomic E-state index is 13.0. The smallest absolute Gasteiger partial charge is 0.338 e. The molecule has 1 atom stereocenters. The number of carbonyl (C=O) groups is 2. The molecule has 1 unspecified atom stereocenters. The zero-order valence-corrected chi connectivity index (χ0v) is 15.9. The second kappa shape index (κ2) is 6.80. The van der Waals surface area contributed by atoms with Crippen molar-refractivity contribution in [3.63, 3.8) is 0 Å². The minimum Gasteiger partial charge on any atom is -0.463 e. The highest BCUT2D eigenvalue weighted by molar-refractivity contribution is 6.30. The summed E-state index contributed by atoms with van der Waals surface area (Å²) in [6.07, 6.45) is 1.11. The Labute approximate surface area is 158 Å². The fourth-order valence-electron chi connectivity index (χ4n) is 3.74. The van der Waals surface area contributed by atoms with Crippen molar-refractivity contribution < 1.29 is 14.3 Å². The van der Waals surface area contributed by atoms with Crippen LogP contribution in [0.25, 0.3) is 0 Å². The highest BCUT2D eigenvalue weighted by Crippen LogP contribution is 2.46. The lowest BCUT2D eigenvalue weighted by Crippen LogP contribution is -2.41. The molecule has 26 heavy (non-hydrogen) atoms. The molecule has 0 fully saturated rings. The molecule has 1 aromatic carbocycles. The van der Waals surface area contributed by atoms with E-state index in [9.17, 15) is 9.59 Å². The summed E-state index contributed by atoms with van der Waals surface area (Å²) in [4.78, 5) is 25.6. The van der Waals surface area contributed by atoms with E-state index in [0.29, 0.717) is 23.4 Å². The predicted molar refractivity (Wildman–Crippen MR) is 100 cm³/mol. The second-order valence-electron chi connectivity index (χ2n) is 7.49. The number of ketones is 1. The molecule has 0 saturated heterocycles. The number of esters is 1. The third-order valence-corrected chi connectivity index (χ3v) is 5.02. The van der Waals surface area contributed by atoms with E-state index in [-0.39, 0.29) is 29.2 Å². The molecule has 3 N–H and O–H groups in total. The Morgan fingerprint density at radius 2 is 1.96 bits per heavy atom. The average molecular weight is 375 g/mol. The fraction of sp³-hybridized carbons (Fsp3) is 0.400. The van der Waals surface area contributed by atoms with Crippen LogP contribution in [0, 0.1) is 5.41 Å². The van der Waals surface area contributed by atoms with Crippen molar-refractivity contribution in [2.45, 2.75) is 39.5 Å². The van der Waals surface area contributed by atoms with E-state index >= 15 is 0 Å². The number of hydrogen-bond donors (Lipinski definition) is 2. The number of hydrogen-bond acceptors (Lipinski definition) is 5.